The summed E-state index contributed by atoms with van der Waals surface area (Å²) in [5, 5.41) is 2.91. The first-order chi connectivity index (χ1) is 13.0. The standard InChI is InChI=1S/C21H30FN3O2.ClH/c1-14-5-6-15(11-19(14)22)13-24-20(26)16-7-9-25(10-8-16)21(27)18-4-2-3-17(18)12-23;/h5-6,11,16-18H,2-4,7-10,12-13,23H2,1H3,(H,24,26);1H/t17-,18-;/m1./s1. The maximum atomic E-state index is 13.6. The minimum absolute atomic E-state index is 0. The van der Waals surface area contributed by atoms with Crippen molar-refractivity contribution in [3.8, 4) is 0 Å². The molecule has 2 amide bonds. The lowest BCUT2D eigenvalue weighted by atomic mass is 9.91. The average molecular weight is 412 g/mol. The highest BCUT2D eigenvalue weighted by molar-refractivity contribution is 5.85. The molecule has 1 aromatic rings. The summed E-state index contributed by atoms with van der Waals surface area (Å²) in [5.41, 5.74) is 7.16. The largest absolute Gasteiger partial charge is 0.352 e. The molecule has 0 bridgehead atoms. The van der Waals surface area contributed by atoms with Crippen LogP contribution >= 0.6 is 12.4 Å². The Morgan fingerprint density at radius 1 is 1.21 bits per heavy atom. The van der Waals surface area contributed by atoms with Crippen LogP contribution in [0.2, 0.25) is 0 Å². The minimum Gasteiger partial charge on any atom is -0.352 e. The number of aryl methyl sites for hydroxylation is 1. The van der Waals surface area contributed by atoms with Gasteiger partial charge in [0.15, 0.2) is 0 Å². The topological polar surface area (TPSA) is 75.4 Å². The summed E-state index contributed by atoms with van der Waals surface area (Å²) in [6.07, 6.45) is 4.43. The first kappa shape index (κ1) is 22.6. The smallest absolute Gasteiger partial charge is 0.226 e. The number of amides is 2. The van der Waals surface area contributed by atoms with E-state index in [9.17, 15) is 14.0 Å². The highest BCUT2D eigenvalue weighted by Gasteiger charge is 2.36. The van der Waals surface area contributed by atoms with Crippen LogP contribution in [0.1, 0.15) is 43.2 Å². The molecular weight excluding hydrogens is 381 g/mol. The molecule has 1 aliphatic carbocycles. The Morgan fingerprint density at radius 2 is 1.93 bits per heavy atom. The van der Waals surface area contributed by atoms with Crippen molar-refractivity contribution in [1.82, 2.24) is 10.2 Å². The van der Waals surface area contributed by atoms with Crippen LogP contribution in [-0.4, -0.2) is 36.3 Å². The number of carbonyl (C=O) groups is 2. The zero-order valence-electron chi connectivity index (χ0n) is 16.5. The fourth-order valence-electron chi connectivity index (χ4n) is 4.32. The third-order valence-corrected chi connectivity index (χ3v) is 6.16. The molecule has 1 aromatic carbocycles. The lowest BCUT2D eigenvalue weighted by molar-refractivity contribution is -0.140. The lowest BCUT2D eigenvalue weighted by Crippen LogP contribution is -2.46. The van der Waals surface area contributed by atoms with Crippen molar-refractivity contribution in [2.75, 3.05) is 19.6 Å². The molecule has 28 heavy (non-hydrogen) atoms. The van der Waals surface area contributed by atoms with Crippen LogP contribution in [0.3, 0.4) is 0 Å². The molecule has 3 N–H and O–H groups in total. The van der Waals surface area contributed by atoms with E-state index in [4.69, 9.17) is 5.73 Å². The molecule has 156 valence electrons. The van der Waals surface area contributed by atoms with Gasteiger partial charge in [0.05, 0.1) is 0 Å². The molecule has 2 fully saturated rings. The van der Waals surface area contributed by atoms with Gasteiger partial charge in [-0.15, -0.1) is 12.4 Å². The number of carbonyl (C=O) groups excluding carboxylic acids is 2. The molecule has 1 aliphatic heterocycles. The zero-order chi connectivity index (χ0) is 19.4. The van der Waals surface area contributed by atoms with E-state index < -0.39 is 0 Å². The molecule has 1 saturated heterocycles. The van der Waals surface area contributed by atoms with Gasteiger partial charge in [-0.3, -0.25) is 9.59 Å². The van der Waals surface area contributed by atoms with E-state index in [2.05, 4.69) is 5.32 Å². The van der Waals surface area contributed by atoms with Gasteiger partial charge in [-0.2, -0.15) is 0 Å². The van der Waals surface area contributed by atoms with Crippen molar-refractivity contribution in [1.29, 1.82) is 0 Å². The lowest BCUT2D eigenvalue weighted by Gasteiger charge is -2.34. The van der Waals surface area contributed by atoms with Crippen LogP contribution in [-0.2, 0) is 16.1 Å². The Bertz CT molecular complexity index is 692. The number of nitrogens with two attached hydrogens (primary N) is 1. The van der Waals surface area contributed by atoms with Crippen molar-refractivity contribution in [3.63, 3.8) is 0 Å². The Kier molecular flexibility index (Phi) is 8.25. The highest BCUT2D eigenvalue weighted by Crippen LogP contribution is 2.33. The minimum atomic E-state index is -0.253. The molecule has 3 rings (SSSR count). The van der Waals surface area contributed by atoms with Gasteiger partial charge in [0, 0.05) is 31.5 Å². The van der Waals surface area contributed by atoms with E-state index in [1.807, 2.05) is 11.0 Å². The normalized spacial score (nSPS) is 22.6. The van der Waals surface area contributed by atoms with Gasteiger partial charge >= 0.3 is 0 Å². The molecule has 7 heteroatoms. The summed E-state index contributed by atoms with van der Waals surface area (Å²) < 4.78 is 13.6. The van der Waals surface area contributed by atoms with Crippen LogP contribution in [0, 0.1) is 30.5 Å². The van der Waals surface area contributed by atoms with E-state index in [1.165, 1.54) is 6.07 Å². The van der Waals surface area contributed by atoms with Gasteiger partial charge in [0.25, 0.3) is 0 Å². The van der Waals surface area contributed by atoms with Crippen molar-refractivity contribution in [3.05, 3.63) is 35.1 Å². The Labute approximate surface area is 172 Å². The van der Waals surface area contributed by atoms with Crippen molar-refractivity contribution in [2.24, 2.45) is 23.5 Å². The van der Waals surface area contributed by atoms with Crippen LogP contribution in [0.5, 0.6) is 0 Å². The van der Waals surface area contributed by atoms with E-state index in [0.717, 1.165) is 24.8 Å². The molecule has 0 radical (unpaired) electrons. The third-order valence-electron chi connectivity index (χ3n) is 6.16. The molecule has 0 unspecified atom stereocenters. The highest BCUT2D eigenvalue weighted by atomic mass is 35.5. The van der Waals surface area contributed by atoms with E-state index in [1.54, 1.807) is 13.0 Å². The second-order valence-electron chi connectivity index (χ2n) is 7.93. The third kappa shape index (κ3) is 5.23. The van der Waals surface area contributed by atoms with E-state index in [-0.39, 0.29) is 41.9 Å². The van der Waals surface area contributed by atoms with Gasteiger partial charge in [-0.1, -0.05) is 18.6 Å². The van der Waals surface area contributed by atoms with Gasteiger partial charge in [-0.05, 0) is 62.3 Å². The van der Waals surface area contributed by atoms with Gasteiger partial charge in [0.2, 0.25) is 11.8 Å². The van der Waals surface area contributed by atoms with Crippen LogP contribution in [0.15, 0.2) is 18.2 Å². The molecule has 1 heterocycles. The number of halogens is 2. The Morgan fingerprint density at radius 3 is 2.57 bits per heavy atom. The summed E-state index contributed by atoms with van der Waals surface area (Å²) in [5.74, 6) is 0.250. The Balaban J connectivity index is 0.00000280. The summed E-state index contributed by atoms with van der Waals surface area (Å²) in [7, 11) is 0. The van der Waals surface area contributed by atoms with Crippen LogP contribution in [0.25, 0.3) is 0 Å². The number of piperidine rings is 1. The number of benzene rings is 1. The first-order valence-electron chi connectivity index (χ1n) is 10.0. The van der Waals surface area contributed by atoms with Gasteiger partial charge in [0.1, 0.15) is 5.82 Å². The second kappa shape index (κ2) is 10.2. The summed E-state index contributed by atoms with van der Waals surface area (Å²) in [4.78, 5) is 27.1. The molecular formula is C21H31ClFN3O2. The average Bonchev–Trinajstić information content (AvgIpc) is 3.17. The first-order valence-corrected chi connectivity index (χ1v) is 10.0. The number of hydrogen-bond donors (Lipinski definition) is 2. The zero-order valence-corrected chi connectivity index (χ0v) is 17.3. The van der Waals surface area contributed by atoms with Crippen LogP contribution in [0.4, 0.5) is 4.39 Å². The predicted molar refractivity (Wildman–Crippen MR) is 109 cm³/mol. The maximum Gasteiger partial charge on any atom is 0.226 e. The summed E-state index contributed by atoms with van der Waals surface area (Å²) in [6, 6.07) is 5.01. The van der Waals surface area contributed by atoms with Crippen molar-refractivity contribution < 1.29 is 14.0 Å². The predicted octanol–water partition coefficient (Wildman–Crippen LogP) is 2.79. The summed E-state index contributed by atoms with van der Waals surface area (Å²) in [6.45, 7) is 3.88. The SMILES string of the molecule is Cc1ccc(CNC(=O)C2CCN(C(=O)[C@@H]3CCC[C@@H]3CN)CC2)cc1F.Cl. The number of hydrogen-bond acceptors (Lipinski definition) is 3. The van der Waals surface area contributed by atoms with Crippen molar-refractivity contribution in [2.45, 2.75) is 45.6 Å². The maximum absolute atomic E-state index is 13.6. The van der Waals surface area contributed by atoms with Gasteiger partial charge in [-0.25, -0.2) is 4.39 Å². The van der Waals surface area contributed by atoms with E-state index >= 15 is 0 Å². The monoisotopic (exact) mass is 411 g/mol. The van der Waals surface area contributed by atoms with Gasteiger partial charge < -0.3 is 16.0 Å². The number of rotatable bonds is 5. The van der Waals surface area contributed by atoms with Crippen LogP contribution < -0.4 is 11.1 Å². The molecule has 2 atom stereocenters. The number of nitrogens with zero attached hydrogens (tertiary/aromatic N) is 1. The summed E-state index contributed by atoms with van der Waals surface area (Å²) >= 11 is 0. The quantitative estimate of drug-likeness (QED) is 0.782. The van der Waals surface area contributed by atoms with E-state index in [0.29, 0.717) is 50.5 Å². The number of likely N-dealkylation sites (tertiary alicyclic amines) is 1. The Hall–Kier alpha value is -1.66. The second-order valence-corrected chi connectivity index (χ2v) is 7.93. The molecule has 0 aromatic heterocycles. The van der Waals surface area contributed by atoms with Crippen molar-refractivity contribution >= 4 is 24.2 Å². The fourth-order valence-corrected chi connectivity index (χ4v) is 4.32. The fraction of sp³-hybridized carbons (Fsp3) is 0.619. The molecule has 2 aliphatic rings. The molecule has 5 nitrogen and oxygen atoms in total. The molecule has 0 spiro atoms. The molecule has 1 saturated carbocycles. The number of nitrogens with one attached hydrogen (secondary N) is 1.